The maximum Gasteiger partial charge on any atom is 0.225 e. The van der Waals surface area contributed by atoms with Gasteiger partial charge in [-0.25, -0.2) is 9.97 Å². The summed E-state index contributed by atoms with van der Waals surface area (Å²) in [6.07, 6.45) is 2.52. The molecule has 7 heteroatoms. The first-order valence-corrected chi connectivity index (χ1v) is 9.02. The largest absolute Gasteiger partial charge is 0.394 e. The molecule has 3 aromatic rings. The predicted molar refractivity (Wildman–Crippen MR) is 104 cm³/mol. The molecule has 0 bridgehead atoms. The molecule has 0 aliphatic rings. The van der Waals surface area contributed by atoms with Crippen LogP contribution in [0.3, 0.4) is 0 Å². The number of nitrogens with zero attached hydrogens (tertiary/aromatic N) is 4. The molecule has 1 unspecified atom stereocenters. The van der Waals surface area contributed by atoms with Gasteiger partial charge in [0.2, 0.25) is 11.9 Å². The minimum Gasteiger partial charge on any atom is -0.394 e. The summed E-state index contributed by atoms with van der Waals surface area (Å²) in [5.41, 5.74) is 2.72. The lowest BCUT2D eigenvalue weighted by Crippen LogP contribution is -2.24. The van der Waals surface area contributed by atoms with E-state index in [0.29, 0.717) is 12.5 Å². The molecule has 0 aliphatic heterocycles. The number of fused-ring (bicyclic) bond motifs is 1. The summed E-state index contributed by atoms with van der Waals surface area (Å²) < 4.78 is 2.07. The van der Waals surface area contributed by atoms with Gasteiger partial charge in [-0.05, 0) is 25.8 Å². The fourth-order valence-electron chi connectivity index (χ4n) is 2.81. The van der Waals surface area contributed by atoms with Crippen LogP contribution >= 0.6 is 0 Å². The van der Waals surface area contributed by atoms with Crippen LogP contribution in [0, 0.1) is 0 Å². The second-order valence-corrected chi connectivity index (χ2v) is 6.57. The SMILES string of the molecule is CCC(CO)Nc1ncc2nc(NCc3ccccc3)n(C(C)C)c2n1. The highest BCUT2D eigenvalue weighted by Gasteiger charge is 2.16. The molecule has 7 nitrogen and oxygen atoms in total. The molecule has 3 N–H and O–H groups in total. The summed E-state index contributed by atoms with van der Waals surface area (Å²) in [4.78, 5) is 13.6. The van der Waals surface area contributed by atoms with E-state index in [9.17, 15) is 5.11 Å². The smallest absolute Gasteiger partial charge is 0.225 e. The fourth-order valence-corrected chi connectivity index (χ4v) is 2.81. The van der Waals surface area contributed by atoms with E-state index < -0.39 is 0 Å². The number of hydrogen-bond donors (Lipinski definition) is 3. The molecule has 26 heavy (non-hydrogen) atoms. The van der Waals surface area contributed by atoms with Crippen LogP contribution in [0.15, 0.2) is 36.5 Å². The van der Waals surface area contributed by atoms with Crippen LogP contribution in [0.1, 0.15) is 38.8 Å². The lowest BCUT2D eigenvalue weighted by atomic mass is 10.2. The van der Waals surface area contributed by atoms with Crippen molar-refractivity contribution in [2.75, 3.05) is 17.2 Å². The number of imidazole rings is 1. The van der Waals surface area contributed by atoms with Crippen molar-refractivity contribution in [2.45, 2.75) is 45.8 Å². The number of nitrogens with one attached hydrogen (secondary N) is 2. The van der Waals surface area contributed by atoms with Gasteiger partial charge in [-0.2, -0.15) is 4.98 Å². The molecule has 0 spiro atoms. The quantitative estimate of drug-likeness (QED) is 0.576. The summed E-state index contributed by atoms with van der Waals surface area (Å²) in [6.45, 7) is 6.96. The lowest BCUT2D eigenvalue weighted by Gasteiger charge is -2.15. The topological polar surface area (TPSA) is 87.9 Å². The van der Waals surface area contributed by atoms with Gasteiger partial charge in [0, 0.05) is 12.6 Å². The van der Waals surface area contributed by atoms with Crippen LogP contribution in [-0.4, -0.2) is 37.3 Å². The van der Waals surface area contributed by atoms with E-state index >= 15 is 0 Å². The summed E-state index contributed by atoms with van der Waals surface area (Å²) in [5, 5.41) is 16.0. The summed E-state index contributed by atoms with van der Waals surface area (Å²) in [6, 6.07) is 10.4. The molecular formula is C19H26N6O. The van der Waals surface area contributed by atoms with Gasteiger partial charge in [-0.1, -0.05) is 37.3 Å². The Hall–Kier alpha value is -2.67. The molecule has 3 rings (SSSR count). The summed E-state index contributed by atoms with van der Waals surface area (Å²) >= 11 is 0. The molecule has 0 amide bonds. The van der Waals surface area contributed by atoms with Gasteiger partial charge < -0.3 is 15.7 Å². The number of rotatable bonds is 8. The predicted octanol–water partition coefficient (Wildman–Crippen LogP) is 3.20. The molecule has 0 aliphatic carbocycles. The van der Waals surface area contributed by atoms with Gasteiger partial charge in [0.25, 0.3) is 0 Å². The van der Waals surface area contributed by atoms with Gasteiger partial charge in [0.1, 0.15) is 5.52 Å². The van der Waals surface area contributed by atoms with E-state index in [-0.39, 0.29) is 18.7 Å². The Morgan fingerprint density at radius 2 is 1.92 bits per heavy atom. The number of benzene rings is 1. The monoisotopic (exact) mass is 354 g/mol. The van der Waals surface area contributed by atoms with Crippen molar-refractivity contribution in [1.29, 1.82) is 0 Å². The van der Waals surface area contributed by atoms with E-state index in [1.165, 1.54) is 5.56 Å². The highest BCUT2D eigenvalue weighted by molar-refractivity contribution is 5.75. The Bertz CT molecular complexity index is 842. The number of aromatic nitrogens is 4. The van der Waals surface area contributed by atoms with Gasteiger partial charge >= 0.3 is 0 Å². The first-order valence-electron chi connectivity index (χ1n) is 9.02. The zero-order valence-corrected chi connectivity index (χ0v) is 15.5. The standard InChI is InChI=1S/C19H26N6O/c1-4-15(12-26)22-18-20-11-16-17(24-18)25(13(2)3)19(23-16)21-10-14-8-6-5-7-9-14/h5-9,11,13,15,26H,4,10,12H2,1-3H3,(H,21,23)(H,20,22,24). The van der Waals surface area contributed by atoms with Crippen LogP contribution in [0.25, 0.3) is 11.2 Å². The van der Waals surface area contributed by atoms with Gasteiger partial charge in [0.15, 0.2) is 5.65 Å². The van der Waals surface area contributed by atoms with E-state index in [0.717, 1.165) is 23.5 Å². The van der Waals surface area contributed by atoms with Crippen molar-refractivity contribution in [3.8, 4) is 0 Å². The van der Waals surface area contributed by atoms with E-state index in [4.69, 9.17) is 0 Å². The van der Waals surface area contributed by atoms with Crippen LogP contribution < -0.4 is 10.6 Å². The molecule has 138 valence electrons. The van der Waals surface area contributed by atoms with E-state index in [1.807, 2.05) is 25.1 Å². The minimum atomic E-state index is -0.0569. The first-order chi connectivity index (χ1) is 12.6. The zero-order valence-electron chi connectivity index (χ0n) is 15.5. The number of aliphatic hydroxyl groups is 1. The molecule has 2 aromatic heterocycles. The van der Waals surface area contributed by atoms with Crippen molar-refractivity contribution in [3.63, 3.8) is 0 Å². The molecule has 0 radical (unpaired) electrons. The van der Waals surface area contributed by atoms with Crippen molar-refractivity contribution in [1.82, 2.24) is 19.5 Å². The Kier molecular flexibility index (Phi) is 5.68. The van der Waals surface area contributed by atoms with Crippen LogP contribution in [0.4, 0.5) is 11.9 Å². The van der Waals surface area contributed by atoms with Crippen molar-refractivity contribution >= 4 is 23.1 Å². The van der Waals surface area contributed by atoms with Gasteiger partial charge in [0.05, 0.1) is 18.8 Å². The number of aliphatic hydroxyl groups excluding tert-OH is 1. The highest BCUT2D eigenvalue weighted by Crippen LogP contribution is 2.24. The summed E-state index contributed by atoms with van der Waals surface area (Å²) in [5.74, 6) is 1.29. The van der Waals surface area contributed by atoms with E-state index in [1.54, 1.807) is 6.20 Å². The fraction of sp³-hybridized carbons (Fsp3) is 0.421. The molecule has 0 saturated carbocycles. The second-order valence-electron chi connectivity index (χ2n) is 6.57. The molecule has 2 heterocycles. The zero-order chi connectivity index (χ0) is 18.5. The van der Waals surface area contributed by atoms with Crippen molar-refractivity contribution in [3.05, 3.63) is 42.1 Å². The minimum absolute atomic E-state index is 0.0468. The Balaban J connectivity index is 1.90. The summed E-state index contributed by atoms with van der Waals surface area (Å²) in [7, 11) is 0. The average molecular weight is 354 g/mol. The average Bonchev–Trinajstić information content (AvgIpc) is 3.03. The third kappa shape index (κ3) is 3.94. The molecule has 0 fully saturated rings. The first kappa shape index (κ1) is 18.1. The highest BCUT2D eigenvalue weighted by atomic mass is 16.3. The van der Waals surface area contributed by atoms with Crippen molar-refractivity contribution in [2.24, 2.45) is 0 Å². The Labute approximate surface area is 153 Å². The molecule has 1 aromatic carbocycles. The third-order valence-electron chi connectivity index (χ3n) is 4.29. The van der Waals surface area contributed by atoms with Crippen molar-refractivity contribution < 1.29 is 5.11 Å². The van der Waals surface area contributed by atoms with Crippen LogP contribution in [-0.2, 0) is 6.54 Å². The molecule has 1 atom stereocenters. The van der Waals surface area contributed by atoms with Gasteiger partial charge in [-0.15, -0.1) is 0 Å². The van der Waals surface area contributed by atoms with E-state index in [2.05, 4.69) is 56.1 Å². The maximum atomic E-state index is 9.38. The number of hydrogen-bond acceptors (Lipinski definition) is 6. The van der Waals surface area contributed by atoms with Gasteiger partial charge in [-0.3, -0.25) is 4.57 Å². The maximum absolute atomic E-state index is 9.38. The lowest BCUT2D eigenvalue weighted by molar-refractivity contribution is 0.271. The molecular weight excluding hydrogens is 328 g/mol. The molecule has 0 saturated heterocycles. The Morgan fingerprint density at radius 1 is 1.15 bits per heavy atom. The van der Waals surface area contributed by atoms with Crippen LogP contribution in [0.5, 0.6) is 0 Å². The normalized spacial score (nSPS) is 12.5. The second kappa shape index (κ2) is 8.14. The van der Waals surface area contributed by atoms with Crippen LogP contribution in [0.2, 0.25) is 0 Å². The number of anilines is 2. The third-order valence-corrected chi connectivity index (χ3v) is 4.29. The Morgan fingerprint density at radius 3 is 2.58 bits per heavy atom.